The summed E-state index contributed by atoms with van der Waals surface area (Å²) < 4.78 is 0. The van der Waals surface area contributed by atoms with Crippen LogP contribution < -0.4 is 0 Å². The number of rotatable bonds is 2. The van der Waals surface area contributed by atoms with E-state index in [0.29, 0.717) is 0 Å². The van der Waals surface area contributed by atoms with Crippen LogP contribution in [0.25, 0.3) is 54.6 Å². The Kier molecular flexibility index (Phi) is 5.55. The number of hydrogen-bond donors (Lipinski definition) is 0. The summed E-state index contributed by atoms with van der Waals surface area (Å²) in [5.41, 5.74) is 23.1. The molecule has 6 aliphatic carbocycles. The topological polar surface area (TPSA) is 0 Å². The van der Waals surface area contributed by atoms with Crippen LogP contribution in [-0.2, 0) is 0 Å². The average molecular weight is 707 g/mol. The van der Waals surface area contributed by atoms with E-state index in [1.165, 1.54) is 121 Å². The van der Waals surface area contributed by atoms with Crippen molar-refractivity contribution >= 4 is 32.3 Å². The Balaban J connectivity index is 1.21. The first-order chi connectivity index (χ1) is 27.9. The molecule has 0 nitrogen and oxygen atoms in total. The fraction of sp³-hybridized carbons (Fsp3) is 0.0714. The first-order valence-corrected chi connectivity index (χ1v) is 20.2. The van der Waals surface area contributed by atoms with E-state index in [-0.39, 0.29) is 23.7 Å². The van der Waals surface area contributed by atoms with Gasteiger partial charge in [0.1, 0.15) is 0 Å². The van der Waals surface area contributed by atoms with E-state index < -0.39 is 0 Å². The van der Waals surface area contributed by atoms with Crippen molar-refractivity contribution in [2.75, 3.05) is 0 Å². The lowest BCUT2D eigenvalue weighted by Gasteiger charge is -2.45. The predicted octanol–water partition coefficient (Wildman–Crippen LogP) is 13.9. The SMILES string of the molecule is c1ccc(-c2c3c(c4ccc5c(-c6ccccc6)c6c(c7ccc2c4c57)C2c4ccccc4C6c4ccccc42)C2c4ccccc4C3c3ccccc32)cc1. The summed E-state index contributed by atoms with van der Waals surface area (Å²) in [6.45, 7) is 0. The predicted molar refractivity (Wildman–Crippen MR) is 231 cm³/mol. The standard InChI is InChI=1S/C56H34/c1-3-15-31(16-4-1)45-41-27-29-44-52-42(28-30-43(51(41)52)53-47-33-19-7-11-23-37(33)49(55(45)53)38-24-12-8-20-34(38)47)46(32-17-5-2-6-18-32)56-50-39-25-13-9-21-35(39)48(54(44)56)36-22-10-14-26-40(36)50/h1-30,47-50H. The average Bonchev–Trinajstić information content (AvgIpc) is 3.27. The van der Waals surface area contributed by atoms with Gasteiger partial charge in [0.05, 0.1) is 0 Å². The Hall–Kier alpha value is -6.76. The van der Waals surface area contributed by atoms with Crippen LogP contribution in [0.15, 0.2) is 182 Å². The molecule has 0 aromatic heterocycles. The Labute approximate surface area is 325 Å². The van der Waals surface area contributed by atoms with Gasteiger partial charge >= 0.3 is 0 Å². The molecule has 16 rings (SSSR count). The molecule has 0 radical (unpaired) electrons. The van der Waals surface area contributed by atoms with E-state index in [4.69, 9.17) is 0 Å². The van der Waals surface area contributed by atoms with Gasteiger partial charge < -0.3 is 0 Å². The summed E-state index contributed by atoms with van der Waals surface area (Å²) in [5, 5.41) is 8.39. The molecule has 0 unspecified atom stereocenters. The summed E-state index contributed by atoms with van der Waals surface area (Å²) in [6.07, 6.45) is 0. The van der Waals surface area contributed by atoms with E-state index in [0.717, 1.165) is 0 Å². The minimum Gasteiger partial charge on any atom is -0.0622 e. The van der Waals surface area contributed by atoms with Crippen LogP contribution in [0.1, 0.15) is 90.4 Å². The number of benzene rings is 10. The number of hydrogen-bond acceptors (Lipinski definition) is 0. The molecule has 258 valence electrons. The molecule has 0 saturated carbocycles. The van der Waals surface area contributed by atoms with Crippen molar-refractivity contribution in [1.82, 2.24) is 0 Å². The molecule has 0 aliphatic heterocycles. The fourth-order valence-electron chi connectivity index (χ4n) is 12.3. The van der Waals surface area contributed by atoms with Gasteiger partial charge in [-0.15, -0.1) is 0 Å². The van der Waals surface area contributed by atoms with Crippen LogP contribution in [0.5, 0.6) is 0 Å². The third-order valence-corrected chi connectivity index (χ3v) is 14.2. The van der Waals surface area contributed by atoms with Gasteiger partial charge in [-0.25, -0.2) is 0 Å². The molecule has 4 bridgehead atoms. The third-order valence-electron chi connectivity index (χ3n) is 14.2. The molecule has 10 aromatic carbocycles. The highest BCUT2D eigenvalue weighted by atomic mass is 14.5. The second-order valence-corrected chi connectivity index (χ2v) is 16.5. The van der Waals surface area contributed by atoms with E-state index in [9.17, 15) is 0 Å². The fourth-order valence-corrected chi connectivity index (χ4v) is 12.3. The highest BCUT2D eigenvalue weighted by molar-refractivity contribution is 6.30. The normalized spacial score (nSPS) is 19.1. The lowest BCUT2D eigenvalue weighted by molar-refractivity contribution is 0.762. The minimum atomic E-state index is 0.173. The molecule has 0 atom stereocenters. The molecule has 0 saturated heterocycles. The van der Waals surface area contributed by atoms with Crippen LogP contribution in [0.4, 0.5) is 0 Å². The van der Waals surface area contributed by atoms with Gasteiger partial charge in [0.25, 0.3) is 0 Å². The van der Waals surface area contributed by atoms with Crippen molar-refractivity contribution in [3.05, 3.63) is 249 Å². The van der Waals surface area contributed by atoms with E-state index in [1.807, 2.05) is 0 Å². The first-order valence-electron chi connectivity index (χ1n) is 20.2. The highest BCUT2D eigenvalue weighted by Crippen LogP contribution is 2.64. The summed E-state index contributed by atoms with van der Waals surface area (Å²) in [4.78, 5) is 0. The van der Waals surface area contributed by atoms with Crippen molar-refractivity contribution in [3.63, 3.8) is 0 Å². The largest absolute Gasteiger partial charge is 0.0622 e. The maximum atomic E-state index is 2.52. The molecule has 0 spiro atoms. The second kappa shape index (κ2) is 10.5. The van der Waals surface area contributed by atoms with Gasteiger partial charge in [-0.2, -0.15) is 0 Å². The monoisotopic (exact) mass is 706 g/mol. The van der Waals surface area contributed by atoms with Crippen molar-refractivity contribution in [3.8, 4) is 22.3 Å². The Bertz CT molecular complexity index is 2990. The van der Waals surface area contributed by atoms with Crippen LogP contribution >= 0.6 is 0 Å². The smallest absolute Gasteiger partial charge is 0.0355 e. The first kappa shape index (κ1) is 29.6. The quantitative estimate of drug-likeness (QED) is 0.157. The summed E-state index contributed by atoms with van der Waals surface area (Å²) in [7, 11) is 0. The highest BCUT2D eigenvalue weighted by Gasteiger charge is 2.46. The van der Waals surface area contributed by atoms with Crippen molar-refractivity contribution < 1.29 is 0 Å². The van der Waals surface area contributed by atoms with Crippen molar-refractivity contribution in [2.45, 2.75) is 23.7 Å². The second-order valence-electron chi connectivity index (χ2n) is 16.5. The summed E-state index contributed by atoms with van der Waals surface area (Å²) >= 11 is 0. The van der Waals surface area contributed by atoms with Crippen LogP contribution in [0, 0.1) is 0 Å². The van der Waals surface area contributed by atoms with Crippen LogP contribution in [0.3, 0.4) is 0 Å². The van der Waals surface area contributed by atoms with E-state index >= 15 is 0 Å². The lowest BCUT2D eigenvalue weighted by Crippen LogP contribution is -2.29. The van der Waals surface area contributed by atoms with Gasteiger partial charge in [0.2, 0.25) is 0 Å². The summed E-state index contributed by atoms with van der Waals surface area (Å²) in [5.74, 6) is 0.699. The molecule has 0 N–H and O–H groups in total. The lowest BCUT2D eigenvalue weighted by atomic mass is 9.57. The molecule has 56 heavy (non-hydrogen) atoms. The van der Waals surface area contributed by atoms with Gasteiger partial charge in [0, 0.05) is 23.7 Å². The molecular formula is C56H34. The molecule has 0 heterocycles. The third kappa shape index (κ3) is 3.44. The van der Waals surface area contributed by atoms with Gasteiger partial charge in [-0.3, -0.25) is 0 Å². The zero-order valence-corrected chi connectivity index (χ0v) is 30.6. The van der Waals surface area contributed by atoms with Crippen LogP contribution in [-0.4, -0.2) is 0 Å². The van der Waals surface area contributed by atoms with Gasteiger partial charge in [0.15, 0.2) is 0 Å². The minimum absolute atomic E-state index is 0.173. The Morgan fingerprint density at radius 3 is 0.768 bits per heavy atom. The zero-order chi connectivity index (χ0) is 36.2. The maximum Gasteiger partial charge on any atom is 0.0355 e. The van der Waals surface area contributed by atoms with Crippen molar-refractivity contribution in [2.24, 2.45) is 0 Å². The maximum absolute atomic E-state index is 2.52. The van der Waals surface area contributed by atoms with Gasteiger partial charge in [-0.1, -0.05) is 182 Å². The Morgan fingerprint density at radius 2 is 0.464 bits per heavy atom. The molecule has 6 aliphatic rings. The van der Waals surface area contributed by atoms with Gasteiger partial charge in [-0.05, 0) is 121 Å². The molecular weight excluding hydrogens is 673 g/mol. The molecule has 0 amide bonds. The van der Waals surface area contributed by atoms with E-state index in [1.54, 1.807) is 0 Å². The molecule has 0 heteroatoms. The zero-order valence-electron chi connectivity index (χ0n) is 30.6. The Morgan fingerprint density at radius 1 is 0.214 bits per heavy atom. The summed E-state index contributed by atoms with van der Waals surface area (Å²) in [6, 6.07) is 69.8. The molecule has 0 fully saturated rings. The molecule has 10 aromatic rings. The van der Waals surface area contributed by atoms with Crippen LogP contribution in [0.2, 0.25) is 0 Å². The van der Waals surface area contributed by atoms with Crippen molar-refractivity contribution in [1.29, 1.82) is 0 Å². The van der Waals surface area contributed by atoms with E-state index in [2.05, 4.69) is 182 Å².